The number of halogens is 3. The van der Waals surface area contributed by atoms with Gasteiger partial charge in [0.2, 0.25) is 0 Å². The summed E-state index contributed by atoms with van der Waals surface area (Å²) in [5, 5.41) is 19.8. The Morgan fingerprint density at radius 2 is 1.50 bits per heavy atom. The lowest BCUT2D eigenvalue weighted by molar-refractivity contribution is -0.243. The predicted octanol–water partition coefficient (Wildman–Crippen LogP) is 0.942. The maximum absolute atomic E-state index is 12.8. The van der Waals surface area contributed by atoms with Gasteiger partial charge in [0.05, 0.1) is 6.61 Å². The van der Waals surface area contributed by atoms with E-state index in [2.05, 4.69) is 0 Å². The van der Waals surface area contributed by atoms with Gasteiger partial charge in [-0.2, -0.15) is 13.2 Å². The van der Waals surface area contributed by atoms with E-state index in [1.54, 1.807) is 13.8 Å². The summed E-state index contributed by atoms with van der Waals surface area (Å²) < 4.78 is 59.5. The highest BCUT2D eigenvalue weighted by Crippen LogP contribution is 2.38. The van der Waals surface area contributed by atoms with E-state index in [0.717, 1.165) is 0 Å². The molecule has 2 aliphatic rings. The van der Waals surface area contributed by atoms with E-state index in [1.165, 1.54) is 13.8 Å². The van der Waals surface area contributed by atoms with Crippen molar-refractivity contribution in [3.05, 3.63) is 0 Å². The molecule has 1 unspecified atom stereocenters. The Hall–Kier alpha value is -0.450. The minimum Gasteiger partial charge on any atom is -0.387 e. The van der Waals surface area contributed by atoms with Gasteiger partial charge in [0.15, 0.2) is 17.7 Å². The SMILES string of the molecule is CC1(C)OCC([C@@H](O)[C@@H]2OC(C)(C)O[C@@H]2[C@H](O)C(F)(F)F)O1. The summed E-state index contributed by atoms with van der Waals surface area (Å²) in [5.41, 5.74) is 0. The summed E-state index contributed by atoms with van der Waals surface area (Å²) in [4.78, 5) is 0. The van der Waals surface area contributed by atoms with Gasteiger partial charge in [-0.1, -0.05) is 0 Å². The number of ether oxygens (including phenoxy) is 4. The fraction of sp³-hybridized carbons (Fsp3) is 1.00. The summed E-state index contributed by atoms with van der Waals surface area (Å²) >= 11 is 0. The van der Waals surface area contributed by atoms with Crippen molar-refractivity contribution in [1.82, 2.24) is 0 Å². The quantitative estimate of drug-likeness (QED) is 0.802. The minimum atomic E-state index is -4.89. The topological polar surface area (TPSA) is 77.4 Å². The van der Waals surface area contributed by atoms with Gasteiger partial charge in [-0.15, -0.1) is 0 Å². The maximum atomic E-state index is 12.8. The molecule has 0 saturated carbocycles. The lowest BCUT2D eigenvalue weighted by Gasteiger charge is -2.29. The Bertz CT molecular complexity index is 411. The second kappa shape index (κ2) is 5.57. The first-order valence-corrected chi connectivity index (χ1v) is 6.93. The standard InChI is InChI=1S/C13H21F3O6/c1-11(2)19-5-6(20-11)7(17)8-9(10(18)13(14,15)16)22-12(3,4)21-8/h6-10,17-18H,5H2,1-4H3/t6?,7-,8+,9+,10+/m1/s1. The third-order valence-corrected chi connectivity index (χ3v) is 3.56. The highest BCUT2D eigenvalue weighted by molar-refractivity contribution is 4.96. The van der Waals surface area contributed by atoms with Crippen molar-refractivity contribution in [1.29, 1.82) is 0 Å². The van der Waals surface area contributed by atoms with Gasteiger partial charge in [-0.3, -0.25) is 0 Å². The molecule has 2 saturated heterocycles. The van der Waals surface area contributed by atoms with Gasteiger partial charge in [-0.25, -0.2) is 0 Å². The first-order chi connectivity index (χ1) is 9.82. The van der Waals surface area contributed by atoms with Crippen molar-refractivity contribution in [3.63, 3.8) is 0 Å². The molecule has 2 rings (SSSR count). The molecule has 2 N–H and O–H groups in total. The average Bonchev–Trinajstić information content (AvgIpc) is 2.86. The van der Waals surface area contributed by atoms with E-state index in [1.807, 2.05) is 0 Å². The zero-order chi connectivity index (χ0) is 16.9. The minimum absolute atomic E-state index is 0.00326. The molecule has 2 aliphatic heterocycles. The second-order valence-corrected chi connectivity index (χ2v) is 6.41. The van der Waals surface area contributed by atoms with Gasteiger partial charge in [0.1, 0.15) is 24.4 Å². The second-order valence-electron chi connectivity index (χ2n) is 6.41. The summed E-state index contributed by atoms with van der Waals surface area (Å²) in [5.74, 6) is -2.31. The van der Waals surface area contributed by atoms with Crippen LogP contribution in [-0.4, -0.2) is 65.1 Å². The molecular weight excluding hydrogens is 309 g/mol. The molecule has 6 nitrogen and oxygen atoms in total. The van der Waals surface area contributed by atoms with E-state index in [0.29, 0.717) is 0 Å². The molecule has 0 aromatic carbocycles. The smallest absolute Gasteiger partial charge is 0.387 e. The molecule has 2 heterocycles. The van der Waals surface area contributed by atoms with Gasteiger partial charge in [-0.05, 0) is 27.7 Å². The Balaban J connectivity index is 2.16. The third kappa shape index (κ3) is 3.72. The molecule has 22 heavy (non-hydrogen) atoms. The molecule has 5 atom stereocenters. The Kier molecular flexibility index (Phi) is 4.53. The molecule has 0 spiro atoms. The molecule has 0 aromatic heterocycles. The summed E-state index contributed by atoms with van der Waals surface area (Å²) in [6.07, 6.45) is -13.1. The van der Waals surface area contributed by atoms with Crippen LogP contribution in [0.25, 0.3) is 0 Å². The molecule has 130 valence electrons. The van der Waals surface area contributed by atoms with E-state index < -0.39 is 48.3 Å². The van der Waals surface area contributed by atoms with Crippen LogP contribution >= 0.6 is 0 Å². The molecule has 0 radical (unpaired) electrons. The van der Waals surface area contributed by atoms with Crippen LogP contribution in [0.15, 0.2) is 0 Å². The number of aliphatic hydroxyl groups is 2. The first-order valence-electron chi connectivity index (χ1n) is 6.93. The van der Waals surface area contributed by atoms with Crippen molar-refractivity contribution in [2.75, 3.05) is 6.61 Å². The number of aliphatic hydroxyl groups excluding tert-OH is 2. The van der Waals surface area contributed by atoms with Crippen LogP contribution in [0.4, 0.5) is 13.2 Å². The van der Waals surface area contributed by atoms with Crippen LogP contribution in [0.2, 0.25) is 0 Å². The lowest BCUT2D eigenvalue weighted by Crippen LogP contribution is -2.52. The fourth-order valence-corrected chi connectivity index (χ4v) is 2.61. The number of hydrogen-bond acceptors (Lipinski definition) is 6. The molecule has 0 aromatic rings. The zero-order valence-corrected chi connectivity index (χ0v) is 12.8. The predicted molar refractivity (Wildman–Crippen MR) is 66.8 cm³/mol. The third-order valence-electron chi connectivity index (χ3n) is 3.56. The Morgan fingerprint density at radius 3 is 1.95 bits per heavy atom. The average molecular weight is 330 g/mol. The van der Waals surface area contributed by atoms with Crippen LogP contribution in [-0.2, 0) is 18.9 Å². The van der Waals surface area contributed by atoms with E-state index in [-0.39, 0.29) is 6.61 Å². The summed E-state index contributed by atoms with van der Waals surface area (Å²) in [6, 6.07) is 0. The number of hydrogen-bond donors (Lipinski definition) is 2. The van der Waals surface area contributed by atoms with E-state index in [9.17, 15) is 23.4 Å². The van der Waals surface area contributed by atoms with Crippen molar-refractivity contribution >= 4 is 0 Å². The molecule has 0 aliphatic carbocycles. The van der Waals surface area contributed by atoms with Crippen LogP contribution in [0.1, 0.15) is 27.7 Å². The number of rotatable bonds is 3. The Morgan fingerprint density at radius 1 is 0.955 bits per heavy atom. The van der Waals surface area contributed by atoms with Gasteiger partial charge in [0.25, 0.3) is 0 Å². The van der Waals surface area contributed by atoms with Crippen molar-refractivity contribution in [2.24, 2.45) is 0 Å². The van der Waals surface area contributed by atoms with Gasteiger partial charge >= 0.3 is 6.18 Å². The number of alkyl halides is 3. The lowest BCUT2D eigenvalue weighted by atomic mass is 9.99. The van der Waals surface area contributed by atoms with Crippen LogP contribution in [0.3, 0.4) is 0 Å². The largest absolute Gasteiger partial charge is 0.417 e. The normalized spacial score (nSPS) is 37.2. The van der Waals surface area contributed by atoms with Gasteiger partial charge < -0.3 is 29.2 Å². The van der Waals surface area contributed by atoms with Crippen molar-refractivity contribution in [2.45, 2.75) is 76.0 Å². The van der Waals surface area contributed by atoms with Crippen LogP contribution < -0.4 is 0 Å². The molecular formula is C13H21F3O6. The van der Waals surface area contributed by atoms with Crippen molar-refractivity contribution < 1.29 is 42.3 Å². The van der Waals surface area contributed by atoms with Gasteiger partial charge in [0, 0.05) is 0 Å². The van der Waals surface area contributed by atoms with E-state index >= 15 is 0 Å². The van der Waals surface area contributed by atoms with Crippen molar-refractivity contribution in [3.8, 4) is 0 Å². The first kappa shape index (κ1) is 17.9. The summed E-state index contributed by atoms with van der Waals surface area (Å²) in [6.45, 7) is 6.07. The van der Waals surface area contributed by atoms with Crippen LogP contribution in [0, 0.1) is 0 Å². The highest BCUT2D eigenvalue weighted by Gasteiger charge is 2.57. The maximum Gasteiger partial charge on any atom is 0.417 e. The zero-order valence-electron chi connectivity index (χ0n) is 12.8. The summed E-state index contributed by atoms with van der Waals surface area (Å²) in [7, 11) is 0. The molecule has 0 bridgehead atoms. The molecule has 9 heteroatoms. The molecule has 2 fully saturated rings. The van der Waals surface area contributed by atoms with Crippen LogP contribution in [0.5, 0.6) is 0 Å². The van der Waals surface area contributed by atoms with E-state index in [4.69, 9.17) is 18.9 Å². The Labute approximate surface area is 126 Å². The highest BCUT2D eigenvalue weighted by atomic mass is 19.4. The fourth-order valence-electron chi connectivity index (χ4n) is 2.61. The monoisotopic (exact) mass is 330 g/mol. The molecule has 0 amide bonds.